The van der Waals surface area contributed by atoms with E-state index in [0.717, 1.165) is 24.3 Å². The smallest absolute Gasteiger partial charge is 0.0705 e. The van der Waals surface area contributed by atoms with Crippen LogP contribution in [0.4, 0.5) is 0 Å². The van der Waals surface area contributed by atoms with Gasteiger partial charge in [0.2, 0.25) is 0 Å². The van der Waals surface area contributed by atoms with Crippen LogP contribution < -0.4 is 0 Å². The number of alkyl halides is 1. The van der Waals surface area contributed by atoms with Gasteiger partial charge in [-0.2, -0.15) is 0 Å². The summed E-state index contributed by atoms with van der Waals surface area (Å²) in [6.07, 6.45) is 3.98. The zero-order valence-corrected chi connectivity index (χ0v) is 11.8. The summed E-state index contributed by atoms with van der Waals surface area (Å²) in [4.78, 5) is 7.23. The minimum Gasteiger partial charge on any atom is -0.293 e. The average molecular weight is 275 g/mol. The number of halogens is 1. The second kappa shape index (κ2) is 5.89. The van der Waals surface area contributed by atoms with Gasteiger partial charge in [0.25, 0.3) is 0 Å². The summed E-state index contributed by atoms with van der Waals surface area (Å²) in [6, 6.07) is 13.3. The Morgan fingerprint density at radius 2 is 2.00 bits per heavy atom. The summed E-state index contributed by atoms with van der Waals surface area (Å²) < 4.78 is 0. The molecule has 0 unspecified atom stereocenters. The van der Waals surface area contributed by atoms with Crippen LogP contribution in [0.5, 0.6) is 0 Å². The van der Waals surface area contributed by atoms with Gasteiger partial charge < -0.3 is 0 Å². The second-order valence-corrected chi connectivity index (χ2v) is 5.62. The monoisotopic (exact) mass is 274 g/mol. The van der Waals surface area contributed by atoms with Gasteiger partial charge in [-0.15, -0.1) is 11.6 Å². The molecule has 19 heavy (non-hydrogen) atoms. The van der Waals surface area contributed by atoms with Gasteiger partial charge in [-0.05, 0) is 25.0 Å². The summed E-state index contributed by atoms with van der Waals surface area (Å²) in [5.41, 5.74) is 2.23. The molecule has 0 radical (unpaired) electrons. The van der Waals surface area contributed by atoms with E-state index in [1.807, 2.05) is 6.07 Å². The Morgan fingerprint density at radius 3 is 2.74 bits per heavy atom. The highest BCUT2D eigenvalue weighted by atomic mass is 35.5. The van der Waals surface area contributed by atoms with E-state index in [4.69, 9.17) is 16.6 Å². The average Bonchev–Trinajstić information content (AvgIpc) is 2.37. The standard InChI is InChI=1S/C16H19ClN2/c17-10-11-19(15-5-3-6-15)12-14-9-8-13-4-1-2-7-16(13)18-14/h1-2,4,7-9,15H,3,5-6,10-12H2. The van der Waals surface area contributed by atoms with Gasteiger partial charge in [0.1, 0.15) is 0 Å². The third-order valence-corrected chi connectivity index (χ3v) is 4.15. The van der Waals surface area contributed by atoms with Crippen molar-refractivity contribution < 1.29 is 0 Å². The first-order valence-electron chi connectivity index (χ1n) is 7.01. The lowest BCUT2D eigenvalue weighted by atomic mass is 9.91. The third-order valence-electron chi connectivity index (χ3n) is 3.98. The highest BCUT2D eigenvalue weighted by molar-refractivity contribution is 6.18. The molecule has 1 aromatic carbocycles. The lowest BCUT2D eigenvalue weighted by Gasteiger charge is -2.37. The molecule has 0 saturated heterocycles. The number of hydrogen-bond donors (Lipinski definition) is 0. The minimum absolute atomic E-state index is 0.698. The highest BCUT2D eigenvalue weighted by Crippen LogP contribution is 2.26. The zero-order chi connectivity index (χ0) is 13.1. The van der Waals surface area contributed by atoms with Gasteiger partial charge in [-0.3, -0.25) is 9.88 Å². The zero-order valence-electron chi connectivity index (χ0n) is 11.1. The van der Waals surface area contributed by atoms with E-state index in [0.29, 0.717) is 11.9 Å². The molecule has 0 bridgehead atoms. The van der Waals surface area contributed by atoms with E-state index in [-0.39, 0.29) is 0 Å². The Labute approximate surface area is 119 Å². The van der Waals surface area contributed by atoms with Crippen LogP contribution in [-0.2, 0) is 6.54 Å². The van der Waals surface area contributed by atoms with E-state index in [1.54, 1.807) is 0 Å². The molecule has 1 aliphatic rings. The Hall–Kier alpha value is -1.12. The van der Waals surface area contributed by atoms with Crippen LogP contribution in [0.25, 0.3) is 10.9 Å². The molecular formula is C16H19ClN2. The molecule has 3 rings (SSSR count). The number of para-hydroxylation sites is 1. The topological polar surface area (TPSA) is 16.1 Å². The van der Waals surface area contributed by atoms with E-state index >= 15 is 0 Å². The maximum atomic E-state index is 5.92. The van der Waals surface area contributed by atoms with Gasteiger partial charge >= 0.3 is 0 Å². The fraction of sp³-hybridized carbons (Fsp3) is 0.438. The summed E-state index contributed by atoms with van der Waals surface area (Å²) >= 11 is 5.92. The van der Waals surface area contributed by atoms with Crippen molar-refractivity contribution in [3.8, 4) is 0 Å². The molecule has 1 saturated carbocycles. The van der Waals surface area contributed by atoms with Gasteiger partial charge in [0.15, 0.2) is 0 Å². The molecule has 0 amide bonds. The molecule has 0 N–H and O–H groups in total. The van der Waals surface area contributed by atoms with Gasteiger partial charge in [-0.1, -0.05) is 30.7 Å². The van der Waals surface area contributed by atoms with Gasteiger partial charge in [-0.25, -0.2) is 0 Å². The molecule has 0 spiro atoms. The highest BCUT2D eigenvalue weighted by Gasteiger charge is 2.24. The summed E-state index contributed by atoms with van der Waals surface area (Å²) in [5, 5.41) is 1.21. The molecule has 1 aliphatic carbocycles. The van der Waals surface area contributed by atoms with Crippen molar-refractivity contribution in [2.75, 3.05) is 12.4 Å². The predicted octanol–water partition coefficient (Wildman–Crippen LogP) is 3.83. The van der Waals surface area contributed by atoms with Crippen LogP contribution in [-0.4, -0.2) is 28.4 Å². The molecule has 1 heterocycles. The maximum absolute atomic E-state index is 5.92. The van der Waals surface area contributed by atoms with Crippen molar-refractivity contribution in [2.45, 2.75) is 31.8 Å². The number of aromatic nitrogens is 1. The number of fused-ring (bicyclic) bond motifs is 1. The van der Waals surface area contributed by atoms with Crippen molar-refractivity contribution in [1.82, 2.24) is 9.88 Å². The molecule has 2 nitrogen and oxygen atoms in total. The van der Waals surface area contributed by atoms with Crippen molar-refractivity contribution in [3.63, 3.8) is 0 Å². The molecule has 0 aliphatic heterocycles. The normalized spacial score (nSPS) is 15.9. The van der Waals surface area contributed by atoms with Gasteiger partial charge in [0.05, 0.1) is 11.2 Å². The summed E-state index contributed by atoms with van der Waals surface area (Å²) in [6.45, 7) is 1.88. The van der Waals surface area contributed by atoms with Crippen LogP contribution in [0.2, 0.25) is 0 Å². The SMILES string of the molecule is ClCCN(Cc1ccc2ccccc2n1)C1CCC1. The number of nitrogens with zero attached hydrogens (tertiary/aromatic N) is 2. The van der Waals surface area contributed by atoms with Crippen molar-refractivity contribution >= 4 is 22.5 Å². The number of hydrogen-bond acceptors (Lipinski definition) is 2. The van der Waals surface area contributed by atoms with Crippen LogP contribution in [0.1, 0.15) is 25.0 Å². The van der Waals surface area contributed by atoms with Gasteiger partial charge in [0, 0.05) is 30.4 Å². The van der Waals surface area contributed by atoms with E-state index < -0.39 is 0 Å². The minimum atomic E-state index is 0.698. The lowest BCUT2D eigenvalue weighted by molar-refractivity contribution is 0.126. The Balaban J connectivity index is 1.78. The number of pyridine rings is 1. The second-order valence-electron chi connectivity index (χ2n) is 5.24. The number of rotatable bonds is 5. The Morgan fingerprint density at radius 1 is 1.16 bits per heavy atom. The largest absolute Gasteiger partial charge is 0.293 e. The molecule has 0 atom stereocenters. The molecular weight excluding hydrogens is 256 g/mol. The van der Waals surface area contributed by atoms with Crippen LogP contribution in [0.15, 0.2) is 36.4 Å². The number of benzene rings is 1. The first-order chi connectivity index (χ1) is 9.36. The fourth-order valence-electron chi connectivity index (χ4n) is 2.66. The van der Waals surface area contributed by atoms with Crippen LogP contribution in [0, 0.1) is 0 Å². The van der Waals surface area contributed by atoms with E-state index in [9.17, 15) is 0 Å². The first kappa shape index (κ1) is 12.9. The fourth-order valence-corrected chi connectivity index (χ4v) is 2.87. The first-order valence-corrected chi connectivity index (χ1v) is 7.55. The Kier molecular flexibility index (Phi) is 4.00. The molecule has 1 aromatic heterocycles. The molecule has 1 fully saturated rings. The predicted molar refractivity (Wildman–Crippen MR) is 80.5 cm³/mol. The molecule has 100 valence electrons. The summed E-state index contributed by atoms with van der Waals surface area (Å²) in [7, 11) is 0. The molecule has 2 aromatic rings. The third kappa shape index (κ3) is 2.90. The van der Waals surface area contributed by atoms with E-state index in [2.05, 4.69) is 35.2 Å². The van der Waals surface area contributed by atoms with Crippen molar-refractivity contribution in [1.29, 1.82) is 0 Å². The van der Waals surface area contributed by atoms with Crippen molar-refractivity contribution in [2.24, 2.45) is 0 Å². The van der Waals surface area contributed by atoms with Crippen LogP contribution >= 0.6 is 11.6 Å². The summed E-state index contributed by atoms with van der Waals surface area (Å²) in [5.74, 6) is 0.698. The quantitative estimate of drug-likeness (QED) is 0.771. The Bertz CT molecular complexity index is 551. The molecule has 3 heteroatoms. The maximum Gasteiger partial charge on any atom is 0.0705 e. The van der Waals surface area contributed by atoms with Crippen LogP contribution in [0.3, 0.4) is 0 Å². The van der Waals surface area contributed by atoms with Crippen molar-refractivity contribution in [3.05, 3.63) is 42.1 Å². The van der Waals surface area contributed by atoms with E-state index in [1.165, 1.54) is 24.6 Å². The lowest BCUT2D eigenvalue weighted by Crippen LogP contribution is -2.40.